The first-order valence-corrected chi connectivity index (χ1v) is 8.83. The second-order valence-corrected chi connectivity index (χ2v) is 7.58. The van der Waals surface area contributed by atoms with Crippen LogP contribution in [0.5, 0.6) is 11.5 Å². The van der Waals surface area contributed by atoms with E-state index >= 15 is 0 Å². The molecule has 143 valence electrons. The fourth-order valence-electron chi connectivity index (χ4n) is 5.48. The first kappa shape index (κ1) is 18.6. The van der Waals surface area contributed by atoms with Gasteiger partial charge in [0.1, 0.15) is 18.1 Å². The smallest absolute Gasteiger partial charge is 0.308 e. The third-order valence-corrected chi connectivity index (χ3v) is 6.40. The van der Waals surface area contributed by atoms with Crippen LogP contribution in [-0.2, 0) is 34.5 Å². The van der Waals surface area contributed by atoms with Gasteiger partial charge in [-0.2, -0.15) is 0 Å². The second-order valence-electron chi connectivity index (χ2n) is 7.58. The summed E-state index contributed by atoms with van der Waals surface area (Å²) in [5.41, 5.74) is 1.86. The van der Waals surface area contributed by atoms with E-state index in [1.54, 1.807) is 12.1 Å². The molecule has 0 amide bonds. The van der Waals surface area contributed by atoms with Gasteiger partial charge in [-0.05, 0) is 37.7 Å². The van der Waals surface area contributed by atoms with E-state index in [4.69, 9.17) is 9.47 Å². The van der Waals surface area contributed by atoms with Crippen molar-refractivity contribution >= 4 is 17.5 Å². The number of carbonyl (C=O) groups excluding carboxylic acids is 2. The number of hydrogen-bond donors (Lipinski definition) is 1. The number of piperidine rings is 1. The molecule has 0 saturated carbocycles. The fourth-order valence-corrected chi connectivity index (χ4v) is 5.48. The molecule has 2 aliphatic heterocycles. The molecule has 27 heavy (non-hydrogen) atoms. The van der Waals surface area contributed by atoms with Gasteiger partial charge < -0.3 is 14.6 Å². The Morgan fingerprint density at radius 2 is 2.19 bits per heavy atom. The van der Waals surface area contributed by atoms with Crippen molar-refractivity contribution in [1.29, 1.82) is 0 Å². The SMILES string of the molecule is CC(=O)Oc1ccc2c3c1O[C@H]1[C@@H](O)C=C[C@H]4[C@@H](C2=C=O)N(C)CC[C@@]341.[Rh]. The Bertz CT molecular complexity index is 921. The van der Waals surface area contributed by atoms with Gasteiger partial charge in [-0.3, -0.25) is 9.69 Å². The van der Waals surface area contributed by atoms with Crippen molar-refractivity contribution in [3.63, 3.8) is 0 Å². The number of benzene rings is 1. The Balaban J connectivity index is 0.00000180. The van der Waals surface area contributed by atoms with Gasteiger partial charge in [0, 0.05) is 43.3 Å². The van der Waals surface area contributed by atoms with Crippen LogP contribution >= 0.6 is 0 Å². The molecule has 1 fully saturated rings. The molecule has 1 N–H and O–H groups in total. The first-order valence-electron chi connectivity index (χ1n) is 8.83. The number of ether oxygens (including phenoxy) is 2. The molecular weight excluding hydrogens is 437 g/mol. The van der Waals surface area contributed by atoms with E-state index in [1.807, 2.05) is 19.2 Å². The largest absolute Gasteiger partial charge is 0.482 e. The van der Waals surface area contributed by atoms with E-state index in [0.29, 0.717) is 17.1 Å². The summed E-state index contributed by atoms with van der Waals surface area (Å²) in [4.78, 5) is 25.6. The van der Waals surface area contributed by atoms with Crippen LogP contribution in [0.1, 0.15) is 24.5 Å². The topological polar surface area (TPSA) is 76.1 Å². The average molecular weight is 456 g/mol. The molecule has 2 aliphatic carbocycles. The summed E-state index contributed by atoms with van der Waals surface area (Å²) >= 11 is 0. The third kappa shape index (κ3) is 2.17. The molecule has 2 bridgehead atoms. The summed E-state index contributed by atoms with van der Waals surface area (Å²) in [6, 6.07) is 3.38. The maximum atomic E-state index is 11.9. The standard InChI is InChI=1S/C20H19NO5.Rh/c1-10(23)25-15-6-3-11-12(9-22)17-13-4-5-14(24)19-20(13,7-8-21(17)2)16(11)18(15)26-19;/h3-6,13-14,17,19,24H,7-8H2,1-2H3;/t13-,14-,17+,19-,20-;/m0./s1. The maximum absolute atomic E-state index is 11.9. The van der Waals surface area contributed by atoms with Gasteiger partial charge >= 0.3 is 5.97 Å². The number of likely N-dealkylation sites (N-methyl/N-ethyl adjacent to an activating group) is 1. The maximum Gasteiger partial charge on any atom is 0.308 e. The number of carbonyl (C=O) groups is 1. The zero-order chi connectivity index (χ0) is 18.2. The molecule has 1 aromatic rings. The van der Waals surface area contributed by atoms with Gasteiger partial charge in [0.15, 0.2) is 11.5 Å². The molecule has 1 spiro atoms. The molecule has 5 rings (SSSR count). The summed E-state index contributed by atoms with van der Waals surface area (Å²) in [6.45, 7) is 2.12. The number of aliphatic hydroxyl groups is 1. The van der Waals surface area contributed by atoms with Gasteiger partial charge in [-0.1, -0.05) is 12.2 Å². The minimum atomic E-state index is -0.748. The van der Waals surface area contributed by atoms with Crippen LogP contribution in [0.25, 0.3) is 5.57 Å². The molecule has 1 saturated heterocycles. The molecule has 6 nitrogen and oxygen atoms in total. The molecular formula is C20H19NO5Rh. The van der Waals surface area contributed by atoms with Crippen LogP contribution in [-0.4, -0.2) is 53.8 Å². The molecule has 5 atom stereocenters. The normalized spacial score (nSPS) is 34.9. The Kier molecular flexibility index (Phi) is 4.21. The number of aliphatic hydroxyl groups excluding tert-OH is 1. The van der Waals surface area contributed by atoms with E-state index in [2.05, 4.69) is 10.8 Å². The fraction of sp³-hybridized carbons (Fsp3) is 0.450. The minimum Gasteiger partial charge on any atom is -0.482 e. The summed E-state index contributed by atoms with van der Waals surface area (Å²) in [5, 5.41) is 10.6. The average Bonchev–Trinajstić information content (AvgIpc) is 2.96. The van der Waals surface area contributed by atoms with Crippen molar-refractivity contribution in [2.24, 2.45) is 5.92 Å². The van der Waals surface area contributed by atoms with Crippen molar-refractivity contribution in [2.45, 2.75) is 37.0 Å². The van der Waals surface area contributed by atoms with E-state index in [-0.39, 0.29) is 31.4 Å². The Morgan fingerprint density at radius 1 is 1.41 bits per heavy atom. The molecule has 4 aliphatic rings. The molecule has 1 radical (unpaired) electrons. The van der Waals surface area contributed by atoms with Crippen LogP contribution in [0.3, 0.4) is 0 Å². The van der Waals surface area contributed by atoms with Crippen molar-refractivity contribution in [2.75, 3.05) is 13.6 Å². The zero-order valence-electron chi connectivity index (χ0n) is 14.9. The summed E-state index contributed by atoms with van der Waals surface area (Å²) < 4.78 is 11.6. The van der Waals surface area contributed by atoms with Crippen LogP contribution in [0, 0.1) is 5.92 Å². The van der Waals surface area contributed by atoms with Gasteiger partial charge in [0.25, 0.3) is 0 Å². The predicted octanol–water partition coefficient (Wildman–Crippen LogP) is 1.09. The number of rotatable bonds is 1. The van der Waals surface area contributed by atoms with Crippen molar-refractivity contribution < 1.29 is 43.6 Å². The molecule has 0 unspecified atom stereocenters. The van der Waals surface area contributed by atoms with Crippen molar-refractivity contribution in [3.8, 4) is 11.5 Å². The van der Waals surface area contributed by atoms with Gasteiger partial charge in [0.2, 0.25) is 0 Å². The molecule has 7 heteroatoms. The minimum absolute atomic E-state index is 0. The van der Waals surface area contributed by atoms with Crippen LogP contribution in [0.4, 0.5) is 0 Å². The number of hydrogen-bond acceptors (Lipinski definition) is 6. The first-order chi connectivity index (χ1) is 12.5. The molecule has 0 aromatic heterocycles. The molecule has 2 heterocycles. The third-order valence-electron chi connectivity index (χ3n) is 6.40. The summed E-state index contributed by atoms with van der Waals surface area (Å²) in [6.07, 6.45) is 3.37. The van der Waals surface area contributed by atoms with Crippen LogP contribution in [0.2, 0.25) is 0 Å². The number of likely N-dealkylation sites (tertiary alicyclic amines) is 1. The van der Waals surface area contributed by atoms with Crippen molar-refractivity contribution in [1.82, 2.24) is 4.90 Å². The summed E-state index contributed by atoms with van der Waals surface area (Å²) in [7, 11) is 2.01. The van der Waals surface area contributed by atoms with E-state index in [9.17, 15) is 14.7 Å². The number of esters is 1. The van der Waals surface area contributed by atoms with Gasteiger partial charge in [-0.15, -0.1) is 0 Å². The summed E-state index contributed by atoms with van der Waals surface area (Å²) in [5.74, 6) is 2.55. The Morgan fingerprint density at radius 3 is 2.89 bits per heavy atom. The van der Waals surface area contributed by atoms with Gasteiger partial charge in [-0.25, -0.2) is 4.79 Å². The van der Waals surface area contributed by atoms with Crippen LogP contribution in [0.15, 0.2) is 24.3 Å². The predicted molar refractivity (Wildman–Crippen MR) is 92.6 cm³/mol. The monoisotopic (exact) mass is 456 g/mol. The van der Waals surface area contributed by atoms with E-state index in [0.717, 1.165) is 24.1 Å². The quantitative estimate of drug-likeness (QED) is 0.224. The van der Waals surface area contributed by atoms with Crippen LogP contribution < -0.4 is 9.47 Å². The van der Waals surface area contributed by atoms with E-state index in [1.165, 1.54) is 6.92 Å². The number of nitrogens with zero attached hydrogens (tertiary/aromatic N) is 1. The van der Waals surface area contributed by atoms with E-state index < -0.39 is 23.6 Å². The zero-order valence-corrected chi connectivity index (χ0v) is 16.5. The molecule has 1 aromatic carbocycles. The second kappa shape index (κ2) is 6.11. The van der Waals surface area contributed by atoms with Crippen molar-refractivity contribution in [3.05, 3.63) is 35.4 Å². The van der Waals surface area contributed by atoms with Gasteiger partial charge in [0.05, 0.1) is 11.6 Å². The Hall–Kier alpha value is -1.78. The Labute approximate surface area is 169 Å².